The summed E-state index contributed by atoms with van der Waals surface area (Å²) in [5.41, 5.74) is 2.44. The number of benzene rings is 1. The summed E-state index contributed by atoms with van der Waals surface area (Å²) < 4.78 is 5.64. The summed E-state index contributed by atoms with van der Waals surface area (Å²) in [6.45, 7) is 3.42. The van der Waals surface area contributed by atoms with Gasteiger partial charge in [0.2, 0.25) is 5.96 Å². The molecule has 0 bridgehead atoms. The van der Waals surface area contributed by atoms with Crippen LogP contribution in [-0.4, -0.2) is 48.6 Å². The summed E-state index contributed by atoms with van der Waals surface area (Å²) in [5.74, 6) is 0.661. The minimum Gasteiger partial charge on any atom is -0.379 e. The largest absolute Gasteiger partial charge is 0.379 e. The highest BCUT2D eigenvalue weighted by molar-refractivity contribution is 5.88. The molecule has 0 unspecified atom stereocenters. The fraction of sp³-hybridized carbons (Fsp3) is 0.316. The maximum absolute atomic E-state index is 5.64. The first kappa shape index (κ1) is 17.1. The normalized spacial score (nSPS) is 13.6. The minimum atomic E-state index is 0.593. The molecule has 6 nitrogen and oxygen atoms in total. The van der Waals surface area contributed by atoms with Crippen LogP contribution in [0.4, 0.5) is 0 Å². The van der Waals surface area contributed by atoms with Gasteiger partial charge in [-0.25, -0.2) is 9.98 Å². The molecule has 0 atom stereocenters. The predicted octanol–water partition coefficient (Wildman–Crippen LogP) is 2.09. The third kappa shape index (κ3) is 6.00. The van der Waals surface area contributed by atoms with E-state index in [9.17, 15) is 0 Å². The second kappa shape index (κ2) is 9.54. The van der Waals surface area contributed by atoms with Crippen LogP contribution < -0.4 is 5.32 Å². The molecule has 130 valence electrons. The Morgan fingerprint density at radius 3 is 2.68 bits per heavy atom. The van der Waals surface area contributed by atoms with E-state index in [0.717, 1.165) is 25.1 Å². The molecule has 2 heterocycles. The zero-order chi connectivity index (χ0) is 17.2. The van der Waals surface area contributed by atoms with Gasteiger partial charge in [-0.15, -0.1) is 0 Å². The Labute approximate surface area is 148 Å². The smallest absolute Gasteiger partial charge is 0.221 e. The van der Waals surface area contributed by atoms with Crippen molar-refractivity contribution in [3.63, 3.8) is 0 Å². The van der Waals surface area contributed by atoms with E-state index < -0.39 is 0 Å². The first-order valence-corrected chi connectivity index (χ1v) is 8.47. The Morgan fingerprint density at radius 1 is 1.04 bits per heavy atom. The van der Waals surface area contributed by atoms with Gasteiger partial charge >= 0.3 is 0 Å². The Balaban J connectivity index is 1.28. The first-order chi connectivity index (χ1) is 12.4. The van der Waals surface area contributed by atoms with Crippen LogP contribution in [0.1, 0.15) is 11.1 Å². The van der Waals surface area contributed by atoms with Gasteiger partial charge in [0.1, 0.15) is 6.67 Å². The number of hydrogen-bond donors (Lipinski definition) is 1. The molecule has 1 aromatic carbocycles. The summed E-state index contributed by atoms with van der Waals surface area (Å²) in [7, 11) is 0. The summed E-state index contributed by atoms with van der Waals surface area (Å²) in [5, 5.41) is 3.19. The molecule has 3 rings (SSSR count). The van der Waals surface area contributed by atoms with E-state index in [1.54, 1.807) is 6.20 Å². The number of pyridine rings is 1. The lowest BCUT2D eigenvalue weighted by Gasteiger charge is -2.21. The summed E-state index contributed by atoms with van der Waals surface area (Å²) in [4.78, 5) is 14.9. The van der Waals surface area contributed by atoms with E-state index in [0.29, 0.717) is 25.8 Å². The van der Waals surface area contributed by atoms with Crippen molar-refractivity contribution < 1.29 is 4.74 Å². The summed E-state index contributed by atoms with van der Waals surface area (Å²) >= 11 is 0. The van der Waals surface area contributed by atoms with Gasteiger partial charge < -0.3 is 15.0 Å². The van der Waals surface area contributed by atoms with Gasteiger partial charge in [0.25, 0.3) is 0 Å². The highest BCUT2D eigenvalue weighted by atomic mass is 16.5. The second-order valence-corrected chi connectivity index (χ2v) is 5.75. The SMILES string of the molecule is C1=NC(NCCOCCc2ccccc2)=NCN1Cc1cccnc1. The molecule has 1 aliphatic heterocycles. The molecule has 1 N–H and O–H groups in total. The molecule has 0 fully saturated rings. The van der Waals surface area contributed by atoms with Crippen LogP contribution in [0.15, 0.2) is 64.8 Å². The lowest BCUT2D eigenvalue weighted by molar-refractivity contribution is 0.142. The Kier molecular flexibility index (Phi) is 6.53. The van der Waals surface area contributed by atoms with E-state index in [2.05, 4.69) is 32.4 Å². The van der Waals surface area contributed by atoms with E-state index in [1.807, 2.05) is 47.8 Å². The number of rotatable bonds is 8. The van der Waals surface area contributed by atoms with Crippen LogP contribution in [-0.2, 0) is 17.7 Å². The number of hydrogen-bond acceptors (Lipinski definition) is 6. The summed E-state index contributed by atoms with van der Waals surface area (Å²) in [6.07, 6.45) is 6.38. The van der Waals surface area contributed by atoms with Crippen molar-refractivity contribution in [1.29, 1.82) is 0 Å². The lowest BCUT2D eigenvalue weighted by Crippen LogP contribution is -2.33. The standard InChI is InChI=1S/C19H23N5O/c1-2-5-17(6-3-1)8-11-25-12-10-21-19-22-15-24(16-23-19)14-18-7-4-9-20-13-18/h1-7,9,13,15H,8,10-12,14,16H2,(H,21,23). The quantitative estimate of drug-likeness (QED) is 0.749. The molecular weight excluding hydrogens is 314 g/mol. The van der Waals surface area contributed by atoms with E-state index in [4.69, 9.17) is 4.74 Å². The highest BCUT2D eigenvalue weighted by Gasteiger charge is 2.07. The average Bonchev–Trinajstić information content (AvgIpc) is 2.67. The van der Waals surface area contributed by atoms with Crippen molar-refractivity contribution in [1.82, 2.24) is 15.2 Å². The van der Waals surface area contributed by atoms with Crippen molar-refractivity contribution in [3.05, 3.63) is 66.0 Å². The second-order valence-electron chi connectivity index (χ2n) is 5.75. The molecule has 25 heavy (non-hydrogen) atoms. The summed E-state index contributed by atoms with van der Waals surface area (Å²) in [6, 6.07) is 14.3. The molecule has 0 aliphatic carbocycles. The Hall–Kier alpha value is -2.73. The monoisotopic (exact) mass is 337 g/mol. The predicted molar refractivity (Wildman–Crippen MR) is 99.5 cm³/mol. The van der Waals surface area contributed by atoms with Crippen molar-refractivity contribution in [2.45, 2.75) is 13.0 Å². The Morgan fingerprint density at radius 2 is 1.92 bits per heavy atom. The molecular formula is C19H23N5O. The van der Waals surface area contributed by atoms with E-state index in [1.165, 1.54) is 5.56 Å². The van der Waals surface area contributed by atoms with E-state index >= 15 is 0 Å². The van der Waals surface area contributed by atoms with Crippen molar-refractivity contribution in [2.24, 2.45) is 9.98 Å². The topological polar surface area (TPSA) is 62.1 Å². The zero-order valence-electron chi connectivity index (χ0n) is 14.2. The fourth-order valence-corrected chi connectivity index (χ4v) is 2.46. The number of guanidine groups is 1. The van der Waals surface area contributed by atoms with Gasteiger partial charge in [-0.1, -0.05) is 36.4 Å². The van der Waals surface area contributed by atoms with Crippen molar-refractivity contribution in [2.75, 3.05) is 26.4 Å². The van der Waals surface area contributed by atoms with Crippen molar-refractivity contribution in [3.8, 4) is 0 Å². The maximum Gasteiger partial charge on any atom is 0.221 e. The van der Waals surface area contributed by atoms with Crippen LogP contribution >= 0.6 is 0 Å². The third-order valence-electron chi connectivity index (χ3n) is 3.76. The van der Waals surface area contributed by atoms with Crippen LogP contribution in [0, 0.1) is 0 Å². The number of nitrogens with one attached hydrogen (secondary N) is 1. The molecule has 0 saturated heterocycles. The molecule has 0 amide bonds. The number of aliphatic imine (C=N–C) groups is 2. The first-order valence-electron chi connectivity index (χ1n) is 8.47. The molecule has 0 saturated carbocycles. The van der Waals surface area contributed by atoms with Gasteiger partial charge in [0.05, 0.1) is 19.6 Å². The van der Waals surface area contributed by atoms with Crippen LogP contribution in [0.25, 0.3) is 0 Å². The van der Waals surface area contributed by atoms with Gasteiger partial charge in [-0.2, -0.15) is 0 Å². The van der Waals surface area contributed by atoms with Gasteiger partial charge in [0, 0.05) is 25.5 Å². The third-order valence-corrected chi connectivity index (χ3v) is 3.76. The van der Waals surface area contributed by atoms with Crippen LogP contribution in [0.2, 0.25) is 0 Å². The molecule has 1 aliphatic rings. The van der Waals surface area contributed by atoms with Crippen LogP contribution in [0.3, 0.4) is 0 Å². The molecule has 1 aromatic heterocycles. The zero-order valence-corrected chi connectivity index (χ0v) is 14.2. The average molecular weight is 337 g/mol. The molecule has 0 radical (unpaired) electrons. The molecule has 6 heteroatoms. The molecule has 0 spiro atoms. The lowest BCUT2D eigenvalue weighted by atomic mass is 10.2. The number of ether oxygens (including phenoxy) is 1. The maximum atomic E-state index is 5.64. The Bertz CT molecular complexity index is 687. The fourth-order valence-electron chi connectivity index (χ4n) is 2.46. The van der Waals surface area contributed by atoms with Crippen LogP contribution in [0.5, 0.6) is 0 Å². The highest BCUT2D eigenvalue weighted by Crippen LogP contribution is 2.03. The minimum absolute atomic E-state index is 0.593. The van der Waals surface area contributed by atoms with Crippen molar-refractivity contribution >= 4 is 12.3 Å². The molecule has 2 aromatic rings. The van der Waals surface area contributed by atoms with Gasteiger partial charge in [0.15, 0.2) is 0 Å². The van der Waals surface area contributed by atoms with Gasteiger partial charge in [-0.05, 0) is 23.6 Å². The number of nitrogens with zero attached hydrogens (tertiary/aromatic N) is 4. The van der Waals surface area contributed by atoms with E-state index in [-0.39, 0.29) is 0 Å². The van der Waals surface area contributed by atoms with Gasteiger partial charge in [-0.3, -0.25) is 4.98 Å². The number of aromatic nitrogens is 1.